The number of rotatable bonds is 0. The molecular weight excluding hydrogens is 278 g/mol. The van der Waals surface area contributed by atoms with Crippen molar-refractivity contribution in [1.29, 1.82) is 0 Å². The molecule has 0 radical (unpaired) electrons. The Labute approximate surface area is 135 Å². The van der Waals surface area contributed by atoms with Crippen molar-refractivity contribution in [2.45, 2.75) is 0 Å². The minimum atomic E-state index is 1.21. The van der Waals surface area contributed by atoms with Crippen molar-refractivity contribution >= 4 is 32.6 Å². The van der Waals surface area contributed by atoms with Crippen molar-refractivity contribution in [2.75, 3.05) is 0 Å². The van der Waals surface area contributed by atoms with E-state index >= 15 is 0 Å². The summed E-state index contributed by atoms with van der Waals surface area (Å²) >= 11 is 0. The Balaban J connectivity index is 0.000000122. The second-order valence-corrected chi connectivity index (χ2v) is 5.56. The molecular formula is C22H17N. The smallest absolute Gasteiger partial charge is 0.0464 e. The van der Waals surface area contributed by atoms with Gasteiger partial charge in [-0.25, -0.2) is 0 Å². The van der Waals surface area contributed by atoms with Crippen molar-refractivity contribution in [3.8, 4) is 0 Å². The van der Waals surface area contributed by atoms with Crippen molar-refractivity contribution in [2.24, 2.45) is 0 Å². The molecule has 0 aliphatic carbocycles. The van der Waals surface area contributed by atoms with Crippen LogP contribution in [0, 0.1) is 0 Å². The zero-order chi connectivity index (χ0) is 15.5. The summed E-state index contributed by atoms with van der Waals surface area (Å²) in [7, 11) is 0. The Kier molecular flexibility index (Phi) is 3.53. The summed E-state index contributed by atoms with van der Waals surface area (Å²) in [6.45, 7) is 0. The molecule has 0 amide bonds. The lowest BCUT2D eigenvalue weighted by Gasteiger charge is -1.92. The van der Waals surface area contributed by atoms with Crippen LogP contribution in [0.5, 0.6) is 0 Å². The Hall–Kier alpha value is -3.06. The van der Waals surface area contributed by atoms with Crippen LogP contribution in [0.15, 0.2) is 97.1 Å². The summed E-state index contributed by atoms with van der Waals surface area (Å²) in [5.74, 6) is 0. The van der Waals surface area contributed by atoms with Crippen LogP contribution >= 0.6 is 0 Å². The molecule has 1 aromatic heterocycles. The fraction of sp³-hybridized carbons (Fsp3) is 0. The van der Waals surface area contributed by atoms with Crippen LogP contribution < -0.4 is 0 Å². The standard InChI is InChI=1S/C12H9N.C10H8/c1-3-7-11-9(5-1)10-6-2-4-8-12(10)13-11;1-2-6-10-8-4-3-7-9(10)5-1/h1-8,13H;1-8H. The van der Waals surface area contributed by atoms with E-state index in [0.29, 0.717) is 0 Å². The maximum absolute atomic E-state index is 3.38. The molecule has 0 saturated carbocycles. The van der Waals surface area contributed by atoms with Gasteiger partial charge in [0.15, 0.2) is 0 Å². The number of hydrogen-bond donors (Lipinski definition) is 1. The van der Waals surface area contributed by atoms with Gasteiger partial charge in [-0.2, -0.15) is 0 Å². The van der Waals surface area contributed by atoms with Gasteiger partial charge in [-0.3, -0.25) is 0 Å². The van der Waals surface area contributed by atoms with Crippen LogP contribution in [-0.4, -0.2) is 4.98 Å². The lowest BCUT2D eigenvalue weighted by molar-refractivity contribution is 1.55. The normalized spacial score (nSPS) is 10.6. The SMILES string of the molecule is c1ccc2c(c1)[nH]c1ccccc12.c1ccc2ccccc2c1. The molecule has 5 rings (SSSR count). The molecule has 0 aliphatic heterocycles. The molecule has 0 fully saturated rings. The monoisotopic (exact) mass is 295 g/mol. The molecule has 0 unspecified atom stereocenters. The average Bonchev–Trinajstić information content (AvgIpc) is 3.01. The Morgan fingerprint density at radius 1 is 0.391 bits per heavy atom. The van der Waals surface area contributed by atoms with Gasteiger partial charge >= 0.3 is 0 Å². The van der Waals surface area contributed by atoms with E-state index in [0.717, 1.165) is 0 Å². The molecule has 1 heteroatoms. The molecule has 4 aromatic carbocycles. The first-order valence-electron chi connectivity index (χ1n) is 7.81. The first-order valence-corrected chi connectivity index (χ1v) is 7.81. The summed E-state index contributed by atoms with van der Waals surface area (Å²) in [6.07, 6.45) is 0. The van der Waals surface area contributed by atoms with Crippen molar-refractivity contribution < 1.29 is 0 Å². The molecule has 1 nitrogen and oxygen atoms in total. The molecule has 0 atom stereocenters. The number of benzene rings is 4. The lowest BCUT2D eigenvalue weighted by Crippen LogP contribution is -1.67. The molecule has 1 N–H and O–H groups in total. The third-order valence-corrected chi connectivity index (χ3v) is 4.07. The summed E-state index contributed by atoms with van der Waals surface area (Å²) in [6, 6.07) is 33.5. The van der Waals surface area contributed by atoms with E-state index in [9.17, 15) is 0 Å². The van der Waals surface area contributed by atoms with Gasteiger partial charge in [0.2, 0.25) is 0 Å². The summed E-state index contributed by atoms with van der Waals surface area (Å²) in [4.78, 5) is 3.38. The summed E-state index contributed by atoms with van der Waals surface area (Å²) in [5, 5.41) is 5.23. The van der Waals surface area contributed by atoms with Gasteiger partial charge in [-0.15, -0.1) is 0 Å². The summed E-state index contributed by atoms with van der Waals surface area (Å²) in [5.41, 5.74) is 2.42. The first kappa shape index (κ1) is 13.6. The highest BCUT2D eigenvalue weighted by molar-refractivity contribution is 6.06. The molecule has 0 spiro atoms. The predicted molar refractivity (Wildman–Crippen MR) is 99.8 cm³/mol. The van der Waals surface area contributed by atoms with Gasteiger partial charge in [0.1, 0.15) is 0 Å². The third kappa shape index (κ3) is 2.69. The number of aromatic amines is 1. The Morgan fingerprint density at radius 2 is 0.739 bits per heavy atom. The molecule has 0 saturated heterocycles. The van der Waals surface area contributed by atoms with Gasteiger partial charge in [0.05, 0.1) is 0 Å². The molecule has 1 heterocycles. The zero-order valence-corrected chi connectivity index (χ0v) is 12.7. The topological polar surface area (TPSA) is 15.8 Å². The Morgan fingerprint density at radius 3 is 1.17 bits per heavy atom. The van der Waals surface area contributed by atoms with E-state index in [-0.39, 0.29) is 0 Å². The third-order valence-electron chi connectivity index (χ3n) is 4.07. The van der Waals surface area contributed by atoms with E-state index in [1.807, 2.05) is 0 Å². The largest absolute Gasteiger partial charge is 0.355 e. The van der Waals surface area contributed by atoms with Crippen molar-refractivity contribution in [1.82, 2.24) is 4.98 Å². The quantitative estimate of drug-likeness (QED) is 0.352. The van der Waals surface area contributed by atoms with E-state index < -0.39 is 0 Å². The van der Waals surface area contributed by atoms with Crippen LogP contribution in [0.4, 0.5) is 0 Å². The number of aromatic nitrogens is 1. The van der Waals surface area contributed by atoms with Crippen LogP contribution in [0.1, 0.15) is 0 Å². The molecule has 0 aliphatic rings. The van der Waals surface area contributed by atoms with Crippen LogP contribution in [0.25, 0.3) is 32.6 Å². The number of fused-ring (bicyclic) bond motifs is 4. The van der Waals surface area contributed by atoms with Gasteiger partial charge in [-0.1, -0.05) is 84.9 Å². The maximum atomic E-state index is 3.38. The van der Waals surface area contributed by atoms with E-state index in [2.05, 4.69) is 102 Å². The highest BCUT2D eigenvalue weighted by atomic mass is 14.7. The predicted octanol–water partition coefficient (Wildman–Crippen LogP) is 6.16. The second-order valence-electron chi connectivity index (χ2n) is 5.56. The molecule has 0 bridgehead atoms. The van der Waals surface area contributed by atoms with Gasteiger partial charge in [-0.05, 0) is 22.9 Å². The fourth-order valence-electron chi connectivity index (χ4n) is 2.93. The lowest BCUT2D eigenvalue weighted by atomic mass is 10.1. The highest BCUT2D eigenvalue weighted by Crippen LogP contribution is 2.24. The van der Waals surface area contributed by atoms with Crippen LogP contribution in [0.2, 0.25) is 0 Å². The molecule has 110 valence electrons. The number of nitrogens with one attached hydrogen (secondary N) is 1. The van der Waals surface area contributed by atoms with E-state index in [1.54, 1.807) is 0 Å². The minimum Gasteiger partial charge on any atom is -0.355 e. The van der Waals surface area contributed by atoms with Crippen LogP contribution in [0.3, 0.4) is 0 Å². The first-order chi connectivity index (χ1) is 11.4. The number of para-hydroxylation sites is 2. The zero-order valence-electron chi connectivity index (χ0n) is 12.7. The van der Waals surface area contributed by atoms with E-state index in [4.69, 9.17) is 0 Å². The molecule has 5 aromatic rings. The van der Waals surface area contributed by atoms with Gasteiger partial charge in [0.25, 0.3) is 0 Å². The second kappa shape index (κ2) is 5.98. The van der Waals surface area contributed by atoms with Crippen molar-refractivity contribution in [3.05, 3.63) is 97.1 Å². The van der Waals surface area contributed by atoms with Crippen LogP contribution in [-0.2, 0) is 0 Å². The average molecular weight is 295 g/mol. The minimum absolute atomic E-state index is 1.21. The summed E-state index contributed by atoms with van der Waals surface area (Å²) < 4.78 is 0. The number of hydrogen-bond acceptors (Lipinski definition) is 0. The highest BCUT2D eigenvalue weighted by Gasteiger charge is 2.00. The number of H-pyrrole nitrogens is 1. The van der Waals surface area contributed by atoms with E-state index in [1.165, 1.54) is 32.6 Å². The van der Waals surface area contributed by atoms with Gasteiger partial charge < -0.3 is 4.98 Å². The fourth-order valence-corrected chi connectivity index (χ4v) is 2.93. The van der Waals surface area contributed by atoms with Gasteiger partial charge in [0, 0.05) is 21.8 Å². The molecule has 23 heavy (non-hydrogen) atoms. The maximum Gasteiger partial charge on any atom is 0.0464 e. The van der Waals surface area contributed by atoms with Crippen molar-refractivity contribution in [3.63, 3.8) is 0 Å². The Bertz CT molecular complexity index is 957.